The molecule has 0 aliphatic heterocycles. The predicted molar refractivity (Wildman–Crippen MR) is 67.0 cm³/mol. The Kier molecular flexibility index (Phi) is 3.59. The van der Waals surface area contributed by atoms with Gasteiger partial charge >= 0.3 is 0 Å². The highest BCUT2D eigenvalue weighted by Gasteiger charge is 2.07. The molecule has 0 aliphatic carbocycles. The van der Waals surface area contributed by atoms with Gasteiger partial charge < -0.3 is 11.5 Å². The molecule has 94 valence electrons. The molecule has 1 amide bonds. The van der Waals surface area contributed by atoms with Crippen LogP contribution in [0.25, 0.3) is 0 Å². The molecule has 0 spiro atoms. The quantitative estimate of drug-likeness (QED) is 0.842. The molecule has 18 heavy (non-hydrogen) atoms. The maximum atomic E-state index is 11.0. The lowest BCUT2D eigenvalue weighted by molar-refractivity contribution is 0.100. The number of hydrogen-bond acceptors (Lipinski definition) is 4. The van der Waals surface area contributed by atoms with E-state index in [9.17, 15) is 4.79 Å². The zero-order valence-electron chi connectivity index (χ0n) is 9.51. The molecule has 0 bridgehead atoms. The predicted octanol–water partition coefficient (Wildman–Crippen LogP) is 0.537. The summed E-state index contributed by atoms with van der Waals surface area (Å²) in [7, 11) is 0. The van der Waals surface area contributed by atoms with Crippen molar-refractivity contribution in [2.75, 3.05) is 0 Å². The molecular formula is C11H12ClN5O. The fourth-order valence-corrected chi connectivity index (χ4v) is 1.75. The van der Waals surface area contributed by atoms with Crippen molar-refractivity contribution in [1.82, 2.24) is 14.8 Å². The van der Waals surface area contributed by atoms with Crippen molar-refractivity contribution in [3.05, 3.63) is 46.5 Å². The smallest absolute Gasteiger partial charge is 0.248 e. The summed E-state index contributed by atoms with van der Waals surface area (Å²) in [6.45, 7) is 0.756. The van der Waals surface area contributed by atoms with E-state index in [1.807, 2.05) is 0 Å². The second-order valence-corrected chi connectivity index (χ2v) is 4.14. The Morgan fingerprint density at radius 1 is 1.44 bits per heavy atom. The first kappa shape index (κ1) is 12.5. The van der Waals surface area contributed by atoms with Gasteiger partial charge in [-0.25, -0.2) is 9.67 Å². The molecule has 0 unspecified atom stereocenters. The van der Waals surface area contributed by atoms with Crippen LogP contribution in [0.3, 0.4) is 0 Å². The van der Waals surface area contributed by atoms with Gasteiger partial charge in [0.2, 0.25) is 5.91 Å². The molecule has 1 aromatic carbocycles. The summed E-state index contributed by atoms with van der Waals surface area (Å²) >= 11 is 6.07. The Hall–Kier alpha value is -1.92. The fourth-order valence-electron chi connectivity index (χ4n) is 1.51. The number of aromatic nitrogens is 3. The molecule has 0 aliphatic rings. The van der Waals surface area contributed by atoms with Crippen LogP contribution in [-0.4, -0.2) is 20.7 Å². The van der Waals surface area contributed by atoms with E-state index in [4.69, 9.17) is 23.1 Å². The van der Waals surface area contributed by atoms with Gasteiger partial charge in [-0.15, -0.1) is 0 Å². The lowest BCUT2D eigenvalue weighted by Gasteiger charge is -2.05. The van der Waals surface area contributed by atoms with Gasteiger partial charge in [0.05, 0.1) is 13.1 Å². The van der Waals surface area contributed by atoms with Gasteiger partial charge in [0.15, 0.2) is 5.82 Å². The molecule has 0 fully saturated rings. The third-order valence-corrected chi connectivity index (χ3v) is 2.79. The van der Waals surface area contributed by atoms with Gasteiger partial charge in [-0.1, -0.05) is 17.7 Å². The van der Waals surface area contributed by atoms with E-state index < -0.39 is 5.91 Å². The summed E-state index contributed by atoms with van der Waals surface area (Å²) < 4.78 is 1.63. The molecule has 7 heteroatoms. The lowest BCUT2D eigenvalue weighted by Crippen LogP contribution is -2.11. The summed E-state index contributed by atoms with van der Waals surface area (Å²) in [4.78, 5) is 15.0. The number of primary amides is 1. The molecule has 6 nitrogen and oxygen atoms in total. The summed E-state index contributed by atoms with van der Waals surface area (Å²) in [5.41, 5.74) is 11.8. The number of carbonyl (C=O) groups excluding carboxylic acids is 1. The minimum atomic E-state index is -0.505. The minimum absolute atomic E-state index is 0.293. The van der Waals surface area contributed by atoms with Crippen LogP contribution >= 0.6 is 11.6 Å². The lowest BCUT2D eigenvalue weighted by atomic mass is 10.1. The topological polar surface area (TPSA) is 99.8 Å². The first-order valence-corrected chi connectivity index (χ1v) is 5.64. The Bertz CT molecular complexity index is 581. The molecule has 4 N–H and O–H groups in total. The maximum absolute atomic E-state index is 11.0. The van der Waals surface area contributed by atoms with Crippen molar-refractivity contribution in [2.45, 2.75) is 13.1 Å². The highest BCUT2D eigenvalue weighted by Crippen LogP contribution is 2.18. The highest BCUT2D eigenvalue weighted by molar-refractivity contribution is 6.31. The average Bonchev–Trinajstić information content (AvgIpc) is 2.79. The Morgan fingerprint density at radius 2 is 2.22 bits per heavy atom. The van der Waals surface area contributed by atoms with Crippen molar-refractivity contribution >= 4 is 17.5 Å². The van der Waals surface area contributed by atoms with Crippen LogP contribution < -0.4 is 11.5 Å². The van der Waals surface area contributed by atoms with Crippen LogP contribution in [-0.2, 0) is 13.1 Å². The Morgan fingerprint density at radius 3 is 2.78 bits per heavy atom. The van der Waals surface area contributed by atoms with Gasteiger partial charge in [-0.3, -0.25) is 4.79 Å². The number of rotatable bonds is 4. The Labute approximate surface area is 109 Å². The first-order valence-electron chi connectivity index (χ1n) is 5.27. The minimum Gasteiger partial charge on any atom is -0.366 e. The van der Waals surface area contributed by atoms with Crippen LogP contribution in [0.5, 0.6) is 0 Å². The first-order chi connectivity index (χ1) is 8.60. The van der Waals surface area contributed by atoms with Crippen molar-refractivity contribution < 1.29 is 4.79 Å². The van der Waals surface area contributed by atoms with Gasteiger partial charge in [-0.2, -0.15) is 5.10 Å². The fraction of sp³-hybridized carbons (Fsp3) is 0.182. The third-order valence-electron chi connectivity index (χ3n) is 2.44. The van der Waals surface area contributed by atoms with Crippen molar-refractivity contribution in [3.8, 4) is 0 Å². The SMILES string of the molecule is NCc1ncn(Cc2ccc(C(N)=O)cc2Cl)n1. The number of nitrogens with zero attached hydrogens (tertiary/aromatic N) is 3. The van der Waals surface area contributed by atoms with Gasteiger partial charge in [0.1, 0.15) is 6.33 Å². The van der Waals surface area contributed by atoms with E-state index in [1.165, 1.54) is 0 Å². The normalized spacial score (nSPS) is 10.6. The number of amides is 1. The maximum Gasteiger partial charge on any atom is 0.248 e. The molecule has 0 saturated heterocycles. The van der Waals surface area contributed by atoms with Crippen LogP contribution in [0.4, 0.5) is 0 Å². The number of carbonyl (C=O) groups is 1. The van der Waals surface area contributed by atoms with Crippen LogP contribution in [0.1, 0.15) is 21.7 Å². The molecular weight excluding hydrogens is 254 g/mol. The molecule has 2 rings (SSSR count). The van der Waals surface area contributed by atoms with E-state index in [-0.39, 0.29) is 0 Å². The number of benzene rings is 1. The van der Waals surface area contributed by atoms with Crippen molar-refractivity contribution in [3.63, 3.8) is 0 Å². The van der Waals surface area contributed by atoms with Gasteiger partial charge in [0, 0.05) is 10.6 Å². The molecule has 0 saturated carbocycles. The number of nitrogens with two attached hydrogens (primary N) is 2. The highest BCUT2D eigenvalue weighted by atomic mass is 35.5. The molecule has 2 aromatic rings. The van der Waals surface area contributed by atoms with E-state index in [1.54, 1.807) is 29.2 Å². The van der Waals surface area contributed by atoms with E-state index in [0.717, 1.165) is 5.56 Å². The summed E-state index contributed by atoms with van der Waals surface area (Å²) in [5, 5.41) is 4.62. The van der Waals surface area contributed by atoms with Gasteiger partial charge in [0.25, 0.3) is 0 Å². The zero-order valence-corrected chi connectivity index (χ0v) is 10.3. The standard InChI is InChI=1S/C11H12ClN5O/c12-9-3-7(11(14)18)1-2-8(9)5-17-6-15-10(4-13)16-17/h1-3,6H,4-5,13H2,(H2,14,18). The molecule has 1 heterocycles. The van der Waals surface area contributed by atoms with Crippen molar-refractivity contribution in [1.29, 1.82) is 0 Å². The van der Waals surface area contributed by atoms with E-state index in [0.29, 0.717) is 29.5 Å². The molecule has 0 atom stereocenters. The average molecular weight is 266 g/mol. The largest absolute Gasteiger partial charge is 0.366 e. The summed E-state index contributed by atoms with van der Waals surface area (Å²) in [6, 6.07) is 4.91. The zero-order chi connectivity index (χ0) is 13.1. The summed E-state index contributed by atoms with van der Waals surface area (Å²) in [6.07, 6.45) is 1.58. The summed E-state index contributed by atoms with van der Waals surface area (Å²) in [5.74, 6) is 0.0644. The van der Waals surface area contributed by atoms with Crippen LogP contribution in [0, 0.1) is 0 Å². The molecule has 0 radical (unpaired) electrons. The second kappa shape index (κ2) is 5.16. The van der Waals surface area contributed by atoms with E-state index >= 15 is 0 Å². The number of halogens is 1. The third kappa shape index (κ3) is 2.66. The Balaban J connectivity index is 2.21. The van der Waals surface area contributed by atoms with E-state index in [2.05, 4.69) is 10.1 Å². The van der Waals surface area contributed by atoms with Crippen molar-refractivity contribution in [2.24, 2.45) is 11.5 Å². The molecule has 1 aromatic heterocycles. The number of hydrogen-bond donors (Lipinski definition) is 2. The van der Waals surface area contributed by atoms with Gasteiger partial charge in [-0.05, 0) is 17.7 Å². The van der Waals surface area contributed by atoms with Crippen LogP contribution in [0.15, 0.2) is 24.5 Å². The monoisotopic (exact) mass is 265 g/mol. The second-order valence-electron chi connectivity index (χ2n) is 3.73. The van der Waals surface area contributed by atoms with Crippen LogP contribution in [0.2, 0.25) is 5.02 Å².